The van der Waals surface area contributed by atoms with Crippen LogP contribution < -0.4 is 0 Å². The summed E-state index contributed by atoms with van der Waals surface area (Å²) in [4.78, 5) is 0. The van der Waals surface area contributed by atoms with Crippen LogP contribution in [0.4, 0.5) is 0 Å². The van der Waals surface area contributed by atoms with Crippen LogP contribution in [0.25, 0.3) is 0 Å². The Morgan fingerprint density at radius 1 is 1.64 bits per heavy atom. The van der Waals surface area contributed by atoms with Crippen molar-refractivity contribution in [1.29, 1.82) is 0 Å². The summed E-state index contributed by atoms with van der Waals surface area (Å²) in [5.41, 5.74) is 2.58. The van der Waals surface area contributed by atoms with Crippen molar-refractivity contribution in [3.63, 3.8) is 0 Å². The third-order valence-electron chi connectivity index (χ3n) is 2.36. The first-order chi connectivity index (χ1) is 5.25. The van der Waals surface area contributed by atoms with Gasteiger partial charge in [0.1, 0.15) is 0 Å². The second-order valence-corrected chi connectivity index (χ2v) is 3.60. The smallest absolute Gasteiger partial charge is 0.0596 e. The lowest BCUT2D eigenvalue weighted by molar-refractivity contribution is 0.371. The first-order valence-corrected chi connectivity index (χ1v) is 4.29. The Hall–Kier alpha value is -0.790. The first kappa shape index (κ1) is 6.89. The molecule has 0 spiro atoms. The lowest BCUT2D eigenvalue weighted by atomic mass is 10.0. The van der Waals surface area contributed by atoms with E-state index in [0.29, 0.717) is 0 Å². The van der Waals surface area contributed by atoms with Crippen molar-refractivity contribution < 1.29 is 0 Å². The second-order valence-electron chi connectivity index (χ2n) is 3.60. The van der Waals surface area contributed by atoms with Gasteiger partial charge in [-0.2, -0.15) is 5.10 Å². The molecule has 1 aliphatic rings. The summed E-state index contributed by atoms with van der Waals surface area (Å²) in [6.45, 7) is 5.47. The maximum absolute atomic E-state index is 4.42. The Morgan fingerprint density at radius 3 is 3.27 bits per heavy atom. The highest BCUT2D eigenvalue weighted by atomic mass is 15.3. The number of aromatic nitrogens is 2. The SMILES string of the molecule is Cc1cc2n(n1)CC(C)CC2. The van der Waals surface area contributed by atoms with E-state index in [1.807, 2.05) is 0 Å². The summed E-state index contributed by atoms with van der Waals surface area (Å²) < 4.78 is 2.16. The molecule has 1 unspecified atom stereocenters. The van der Waals surface area contributed by atoms with Crippen molar-refractivity contribution in [3.05, 3.63) is 17.5 Å². The van der Waals surface area contributed by atoms with Crippen molar-refractivity contribution in [1.82, 2.24) is 9.78 Å². The zero-order valence-corrected chi connectivity index (χ0v) is 7.17. The summed E-state index contributed by atoms with van der Waals surface area (Å²) >= 11 is 0. The van der Waals surface area contributed by atoms with E-state index in [1.165, 1.54) is 18.5 Å². The summed E-state index contributed by atoms with van der Waals surface area (Å²) in [5, 5.41) is 4.42. The second kappa shape index (κ2) is 2.36. The molecule has 11 heavy (non-hydrogen) atoms. The summed E-state index contributed by atoms with van der Waals surface area (Å²) in [5.74, 6) is 0.807. The minimum absolute atomic E-state index is 0.807. The molecule has 0 fully saturated rings. The maximum atomic E-state index is 4.42. The lowest BCUT2D eigenvalue weighted by Gasteiger charge is -2.19. The van der Waals surface area contributed by atoms with Crippen molar-refractivity contribution in [3.8, 4) is 0 Å². The van der Waals surface area contributed by atoms with Crippen LogP contribution >= 0.6 is 0 Å². The predicted molar refractivity (Wildman–Crippen MR) is 44.4 cm³/mol. The number of hydrogen-bond donors (Lipinski definition) is 0. The van der Waals surface area contributed by atoms with Gasteiger partial charge in [-0.05, 0) is 31.7 Å². The van der Waals surface area contributed by atoms with Crippen molar-refractivity contribution in [2.75, 3.05) is 0 Å². The van der Waals surface area contributed by atoms with E-state index in [-0.39, 0.29) is 0 Å². The Morgan fingerprint density at radius 2 is 2.45 bits per heavy atom. The van der Waals surface area contributed by atoms with Crippen LogP contribution in [0, 0.1) is 12.8 Å². The van der Waals surface area contributed by atoms with E-state index < -0.39 is 0 Å². The quantitative estimate of drug-likeness (QED) is 0.551. The topological polar surface area (TPSA) is 17.8 Å². The van der Waals surface area contributed by atoms with E-state index in [9.17, 15) is 0 Å². The molecule has 2 nitrogen and oxygen atoms in total. The van der Waals surface area contributed by atoms with Gasteiger partial charge in [0, 0.05) is 12.2 Å². The van der Waals surface area contributed by atoms with E-state index in [2.05, 4.69) is 29.7 Å². The molecular weight excluding hydrogens is 136 g/mol. The van der Waals surface area contributed by atoms with Gasteiger partial charge in [-0.1, -0.05) is 6.92 Å². The number of rotatable bonds is 0. The van der Waals surface area contributed by atoms with Gasteiger partial charge in [0.15, 0.2) is 0 Å². The van der Waals surface area contributed by atoms with Gasteiger partial charge in [0.25, 0.3) is 0 Å². The Labute approximate surface area is 67.2 Å². The molecule has 0 aromatic carbocycles. The molecular formula is C9H14N2. The van der Waals surface area contributed by atoms with Crippen molar-refractivity contribution in [2.24, 2.45) is 5.92 Å². The van der Waals surface area contributed by atoms with Gasteiger partial charge in [-0.25, -0.2) is 0 Å². The molecule has 0 saturated heterocycles. The molecule has 1 aromatic rings. The molecule has 0 bridgehead atoms. The first-order valence-electron chi connectivity index (χ1n) is 4.29. The Balaban J connectivity index is 2.34. The fraction of sp³-hybridized carbons (Fsp3) is 0.667. The highest BCUT2D eigenvalue weighted by Crippen LogP contribution is 2.19. The van der Waals surface area contributed by atoms with Gasteiger partial charge >= 0.3 is 0 Å². The van der Waals surface area contributed by atoms with Gasteiger partial charge in [-0.3, -0.25) is 4.68 Å². The van der Waals surface area contributed by atoms with Gasteiger partial charge in [0.05, 0.1) is 5.69 Å². The molecule has 60 valence electrons. The van der Waals surface area contributed by atoms with Crippen LogP contribution in [0.3, 0.4) is 0 Å². The maximum Gasteiger partial charge on any atom is 0.0596 e. The molecule has 1 aliphatic heterocycles. The van der Waals surface area contributed by atoms with Crippen molar-refractivity contribution >= 4 is 0 Å². The monoisotopic (exact) mass is 150 g/mol. The van der Waals surface area contributed by atoms with E-state index >= 15 is 0 Å². The average Bonchev–Trinajstić information content (AvgIpc) is 2.27. The van der Waals surface area contributed by atoms with E-state index in [1.54, 1.807) is 0 Å². The van der Waals surface area contributed by atoms with E-state index in [0.717, 1.165) is 18.2 Å². The zero-order chi connectivity index (χ0) is 7.84. The van der Waals surface area contributed by atoms with Crippen LogP contribution in [0.5, 0.6) is 0 Å². The minimum atomic E-state index is 0.807. The van der Waals surface area contributed by atoms with E-state index in [4.69, 9.17) is 0 Å². The molecule has 2 rings (SSSR count). The normalized spacial score (nSPS) is 23.3. The lowest BCUT2D eigenvalue weighted by Crippen LogP contribution is -2.18. The fourth-order valence-corrected chi connectivity index (χ4v) is 1.74. The molecule has 0 aliphatic carbocycles. The molecule has 0 amide bonds. The molecule has 0 saturated carbocycles. The number of hydrogen-bond acceptors (Lipinski definition) is 1. The van der Waals surface area contributed by atoms with Crippen LogP contribution in [0.1, 0.15) is 24.7 Å². The molecule has 1 atom stereocenters. The molecule has 1 aromatic heterocycles. The standard InChI is InChI=1S/C9H14N2/c1-7-3-4-9-5-8(2)10-11(9)6-7/h5,7H,3-4,6H2,1-2H3. The van der Waals surface area contributed by atoms with Gasteiger partial charge < -0.3 is 0 Å². The van der Waals surface area contributed by atoms with Crippen LogP contribution in [-0.2, 0) is 13.0 Å². The molecule has 0 N–H and O–H groups in total. The molecule has 2 heterocycles. The minimum Gasteiger partial charge on any atom is -0.269 e. The summed E-state index contributed by atoms with van der Waals surface area (Å²) in [7, 11) is 0. The van der Waals surface area contributed by atoms with Gasteiger partial charge in [-0.15, -0.1) is 0 Å². The van der Waals surface area contributed by atoms with Crippen molar-refractivity contribution in [2.45, 2.75) is 33.2 Å². The number of nitrogens with zero attached hydrogens (tertiary/aromatic N) is 2. The zero-order valence-electron chi connectivity index (χ0n) is 7.17. The van der Waals surface area contributed by atoms with Crippen LogP contribution in [-0.4, -0.2) is 9.78 Å². The van der Waals surface area contributed by atoms with Gasteiger partial charge in [0.2, 0.25) is 0 Å². The average molecular weight is 150 g/mol. The Bertz CT molecular complexity index is 263. The molecule has 0 radical (unpaired) electrons. The largest absolute Gasteiger partial charge is 0.269 e. The predicted octanol–water partition coefficient (Wildman–Crippen LogP) is 1.77. The fourth-order valence-electron chi connectivity index (χ4n) is 1.74. The summed E-state index contributed by atoms with van der Waals surface area (Å²) in [6, 6.07) is 2.20. The molecule has 2 heteroatoms. The highest BCUT2D eigenvalue weighted by molar-refractivity contribution is 5.10. The van der Waals surface area contributed by atoms with Crippen LogP contribution in [0.15, 0.2) is 6.07 Å². The third-order valence-corrected chi connectivity index (χ3v) is 2.36. The highest BCUT2D eigenvalue weighted by Gasteiger charge is 2.15. The third kappa shape index (κ3) is 1.17. The number of fused-ring (bicyclic) bond motifs is 1. The van der Waals surface area contributed by atoms with Crippen LogP contribution in [0.2, 0.25) is 0 Å². The Kier molecular flexibility index (Phi) is 1.48. The summed E-state index contributed by atoms with van der Waals surface area (Å²) in [6.07, 6.45) is 2.53. The number of aryl methyl sites for hydroxylation is 2.